The van der Waals surface area contributed by atoms with Crippen molar-refractivity contribution < 1.29 is 9.84 Å². The van der Waals surface area contributed by atoms with Gasteiger partial charge in [-0.15, -0.1) is 0 Å². The summed E-state index contributed by atoms with van der Waals surface area (Å²) >= 11 is 0. The first-order valence-corrected chi connectivity index (χ1v) is 8.17. The normalized spacial score (nSPS) is 18.3. The molecule has 0 aliphatic carbocycles. The van der Waals surface area contributed by atoms with E-state index in [1.807, 2.05) is 25.3 Å². The van der Waals surface area contributed by atoms with Crippen LogP contribution in [0.25, 0.3) is 0 Å². The molecule has 1 aliphatic heterocycles. The van der Waals surface area contributed by atoms with Gasteiger partial charge in [0.15, 0.2) is 0 Å². The zero-order valence-electron chi connectivity index (χ0n) is 13.5. The second kappa shape index (κ2) is 7.53. The number of ether oxygens (including phenoxy) is 1. The van der Waals surface area contributed by atoms with Crippen molar-refractivity contribution in [2.45, 2.75) is 39.0 Å². The number of aliphatic hydroxyl groups excluding tert-OH is 1. The number of benzene rings is 1. The van der Waals surface area contributed by atoms with E-state index in [-0.39, 0.29) is 6.61 Å². The van der Waals surface area contributed by atoms with Gasteiger partial charge in [-0.25, -0.2) is 0 Å². The Morgan fingerprint density at radius 1 is 1.35 bits per heavy atom. The second-order valence-corrected chi connectivity index (χ2v) is 5.79. The fraction of sp³-hybridized carbons (Fsp3) is 0.444. The molecule has 1 saturated heterocycles. The quantitative estimate of drug-likeness (QED) is 0.888. The van der Waals surface area contributed by atoms with Gasteiger partial charge in [0.25, 0.3) is 0 Å². The van der Waals surface area contributed by atoms with E-state index in [2.05, 4.69) is 20.9 Å². The van der Waals surface area contributed by atoms with Crippen molar-refractivity contribution in [2.75, 3.05) is 13.2 Å². The Morgan fingerprint density at radius 2 is 2.26 bits per heavy atom. The highest BCUT2D eigenvalue weighted by atomic mass is 16.5. The summed E-state index contributed by atoms with van der Waals surface area (Å²) in [6.07, 6.45) is 7.61. The number of rotatable bonds is 6. The molecule has 2 aromatic rings. The van der Waals surface area contributed by atoms with Crippen molar-refractivity contribution in [3.05, 3.63) is 53.6 Å². The predicted octanol–water partition coefficient (Wildman–Crippen LogP) is 2.70. The van der Waals surface area contributed by atoms with Crippen molar-refractivity contribution in [1.82, 2.24) is 14.9 Å². The lowest BCUT2D eigenvalue weighted by Gasteiger charge is -2.24. The molecule has 5 nitrogen and oxygen atoms in total. The molecule has 0 radical (unpaired) electrons. The Bertz CT molecular complexity index is 633. The summed E-state index contributed by atoms with van der Waals surface area (Å²) in [5, 5.41) is 9.55. The number of aromatic nitrogens is 2. The zero-order chi connectivity index (χ0) is 16.1. The van der Waals surface area contributed by atoms with Crippen molar-refractivity contribution in [3.8, 4) is 5.75 Å². The molecule has 0 saturated carbocycles. The summed E-state index contributed by atoms with van der Waals surface area (Å²) in [5.41, 5.74) is 3.08. The van der Waals surface area contributed by atoms with E-state index in [4.69, 9.17) is 4.74 Å². The molecule has 0 spiro atoms. The Balaban J connectivity index is 1.75. The molecule has 1 aliphatic rings. The van der Waals surface area contributed by atoms with Crippen LogP contribution in [0.5, 0.6) is 5.75 Å². The second-order valence-electron chi connectivity index (χ2n) is 5.79. The van der Waals surface area contributed by atoms with Gasteiger partial charge in [0, 0.05) is 30.7 Å². The molecular formula is C18H23N3O2. The number of hydrogen-bond acceptors (Lipinski definition) is 5. The Hall–Kier alpha value is -1.98. The molecule has 1 unspecified atom stereocenters. The number of hydrogen-bond donors (Lipinski definition) is 1. The summed E-state index contributed by atoms with van der Waals surface area (Å²) in [7, 11) is 0. The molecule has 1 N–H and O–H groups in total. The average molecular weight is 313 g/mol. The maximum atomic E-state index is 9.55. The lowest BCUT2D eigenvalue weighted by Crippen LogP contribution is -2.23. The monoisotopic (exact) mass is 313 g/mol. The Kier molecular flexibility index (Phi) is 5.20. The third-order valence-corrected chi connectivity index (χ3v) is 4.27. The topological polar surface area (TPSA) is 58.5 Å². The molecule has 122 valence electrons. The van der Waals surface area contributed by atoms with Crippen molar-refractivity contribution in [1.29, 1.82) is 0 Å². The molecule has 1 aromatic heterocycles. The molecule has 5 heteroatoms. The van der Waals surface area contributed by atoms with Gasteiger partial charge in [-0.05, 0) is 44.0 Å². The van der Waals surface area contributed by atoms with E-state index in [9.17, 15) is 5.11 Å². The van der Waals surface area contributed by atoms with Crippen LogP contribution in [0.4, 0.5) is 0 Å². The third-order valence-electron chi connectivity index (χ3n) is 4.27. The van der Waals surface area contributed by atoms with Gasteiger partial charge in [-0.1, -0.05) is 6.07 Å². The lowest BCUT2D eigenvalue weighted by atomic mass is 10.1. The molecule has 0 amide bonds. The van der Waals surface area contributed by atoms with Crippen LogP contribution in [-0.2, 0) is 13.2 Å². The maximum absolute atomic E-state index is 9.55. The zero-order valence-corrected chi connectivity index (χ0v) is 13.5. The van der Waals surface area contributed by atoms with Crippen LogP contribution in [0.3, 0.4) is 0 Å². The highest BCUT2D eigenvalue weighted by Gasteiger charge is 2.27. The van der Waals surface area contributed by atoms with Crippen LogP contribution in [0.2, 0.25) is 0 Å². The standard InChI is InChI=1S/C18H23N3O2/c1-2-23-18-6-5-14(10-15(18)13-22)12-21-9-3-4-17(21)16-11-19-7-8-20-16/h5-8,10-11,17,22H,2-4,9,12-13H2,1H3. The summed E-state index contributed by atoms with van der Waals surface area (Å²) in [5.74, 6) is 0.769. The minimum atomic E-state index is -0.00321. The summed E-state index contributed by atoms with van der Waals surface area (Å²) in [6.45, 7) is 4.46. The summed E-state index contributed by atoms with van der Waals surface area (Å²) in [4.78, 5) is 11.1. The molecule has 3 rings (SSSR count). The molecule has 1 atom stereocenters. The molecule has 23 heavy (non-hydrogen) atoms. The first kappa shape index (κ1) is 15.9. The Labute approximate surface area is 137 Å². The molecule has 1 fully saturated rings. The first-order chi connectivity index (χ1) is 11.3. The van der Waals surface area contributed by atoms with Gasteiger partial charge in [0.2, 0.25) is 0 Å². The van der Waals surface area contributed by atoms with Gasteiger partial charge in [0.1, 0.15) is 5.75 Å². The average Bonchev–Trinajstić information content (AvgIpc) is 3.05. The molecule has 1 aromatic carbocycles. The lowest BCUT2D eigenvalue weighted by molar-refractivity contribution is 0.242. The van der Waals surface area contributed by atoms with Crippen molar-refractivity contribution >= 4 is 0 Å². The van der Waals surface area contributed by atoms with E-state index < -0.39 is 0 Å². The van der Waals surface area contributed by atoms with E-state index >= 15 is 0 Å². The minimum Gasteiger partial charge on any atom is -0.494 e. The molecule has 0 bridgehead atoms. The van der Waals surface area contributed by atoms with E-state index in [1.165, 1.54) is 12.0 Å². The third kappa shape index (κ3) is 3.68. The van der Waals surface area contributed by atoms with Crippen LogP contribution >= 0.6 is 0 Å². The van der Waals surface area contributed by atoms with Crippen LogP contribution < -0.4 is 4.74 Å². The molecular weight excluding hydrogens is 290 g/mol. The summed E-state index contributed by atoms with van der Waals surface area (Å²) < 4.78 is 5.55. The SMILES string of the molecule is CCOc1ccc(CN2CCCC2c2cnccn2)cc1CO. The van der Waals surface area contributed by atoms with E-state index in [0.717, 1.165) is 36.5 Å². The maximum Gasteiger partial charge on any atom is 0.124 e. The van der Waals surface area contributed by atoms with E-state index in [0.29, 0.717) is 12.6 Å². The minimum absolute atomic E-state index is 0.00321. The van der Waals surface area contributed by atoms with Gasteiger partial charge >= 0.3 is 0 Å². The van der Waals surface area contributed by atoms with Gasteiger partial charge in [-0.2, -0.15) is 0 Å². The number of nitrogens with zero attached hydrogens (tertiary/aromatic N) is 3. The largest absolute Gasteiger partial charge is 0.494 e. The smallest absolute Gasteiger partial charge is 0.124 e. The van der Waals surface area contributed by atoms with Crippen LogP contribution in [0, 0.1) is 0 Å². The predicted molar refractivity (Wildman–Crippen MR) is 88.0 cm³/mol. The molecule has 2 heterocycles. The van der Waals surface area contributed by atoms with Crippen LogP contribution in [0.1, 0.15) is 42.6 Å². The van der Waals surface area contributed by atoms with Crippen molar-refractivity contribution in [2.24, 2.45) is 0 Å². The van der Waals surface area contributed by atoms with Gasteiger partial charge in [-0.3, -0.25) is 14.9 Å². The highest BCUT2D eigenvalue weighted by Crippen LogP contribution is 2.32. The fourth-order valence-corrected chi connectivity index (χ4v) is 3.22. The van der Waals surface area contributed by atoms with Gasteiger partial charge in [0.05, 0.1) is 24.9 Å². The van der Waals surface area contributed by atoms with Gasteiger partial charge < -0.3 is 9.84 Å². The first-order valence-electron chi connectivity index (χ1n) is 8.17. The number of aliphatic hydroxyl groups is 1. The van der Waals surface area contributed by atoms with Crippen LogP contribution in [-0.4, -0.2) is 33.1 Å². The number of likely N-dealkylation sites (tertiary alicyclic amines) is 1. The van der Waals surface area contributed by atoms with Crippen molar-refractivity contribution in [3.63, 3.8) is 0 Å². The Morgan fingerprint density at radius 3 is 3.00 bits per heavy atom. The van der Waals surface area contributed by atoms with E-state index in [1.54, 1.807) is 12.4 Å². The fourth-order valence-electron chi connectivity index (χ4n) is 3.22. The highest BCUT2D eigenvalue weighted by molar-refractivity contribution is 5.37. The summed E-state index contributed by atoms with van der Waals surface area (Å²) in [6, 6.07) is 6.40. The van der Waals surface area contributed by atoms with Crippen LogP contribution in [0.15, 0.2) is 36.8 Å².